The second-order valence-corrected chi connectivity index (χ2v) is 4.03. The summed E-state index contributed by atoms with van der Waals surface area (Å²) in [6.07, 6.45) is 1.74. The lowest BCUT2D eigenvalue weighted by Gasteiger charge is -2.04. The van der Waals surface area contributed by atoms with Crippen molar-refractivity contribution in [2.75, 3.05) is 0 Å². The molecule has 1 N–H and O–H groups in total. The quantitative estimate of drug-likeness (QED) is 0.914. The maximum Gasteiger partial charge on any atom is 0.215 e. The molecular formula is C11H17ClFN5. The Hall–Kier alpha value is -1.40. The molecule has 18 heavy (non-hydrogen) atoms. The third kappa shape index (κ3) is 2.88. The van der Waals surface area contributed by atoms with E-state index in [1.165, 1.54) is 4.68 Å². The summed E-state index contributed by atoms with van der Waals surface area (Å²) in [5.74, 6) is -0.278. The molecule has 100 valence electrons. The highest BCUT2D eigenvalue weighted by Gasteiger charge is 2.12. The number of halogens is 2. The van der Waals surface area contributed by atoms with Crippen LogP contribution >= 0.6 is 12.4 Å². The molecule has 0 aliphatic heterocycles. The summed E-state index contributed by atoms with van der Waals surface area (Å²) in [5.41, 5.74) is 2.41. The van der Waals surface area contributed by atoms with Gasteiger partial charge < -0.3 is 5.32 Å². The van der Waals surface area contributed by atoms with Gasteiger partial charge in [-0.05, 0) is 13.0 Å². The van der Waals surface area contributed by atoms with Crippen molar-refractivity contribution in [2.45, 2.75) is 20.0 Å². The van der Waals surface area contributed by atoms with E-state index in [2.05, 4.69) is 15.5 Å². The van der Waals surface area contributed by atoms with Gasteiger partial charge in [0.2, 0.25) is 5.95 Å². The average molecular weight is 274 g/mol. The monoisotopic (exact) mass is 273 g/mol. The van der Waals surface area contributed by atoms with Crippen LogP contribution in [-0.4, -0.2) is 19.6 Å². The zero-order valence-corrected chi connectivity index (χ0v) is 11.5. The minimum absolute atomic E-state index is 0. The number of aromatic nitrogens is 4. The van der Waals surface area contributed by atoms with Gasteiger partial charge in [0, 0.05) is 38.9 Å². The Kier molecular flexibility index (Phi) is 4.86. The van der Waals surface area contributed by atoms with E-state index in [-0.39, 0.29) is 18.4 Å². The van der Waals surface area contributed by atoms with Crippen LogP contribution in [0.4, 0.5) is 4.39 Å². The van der Waals surface area contributed by atoms with Gasteiger partial charge in [0.25, 0.3) is 0 Å². The Morgan fingerprint density at radius 1 is 1.28 bits per heavy atom. The largest absolute Gasteiger partial charge is 0.307 e. The Balaban J connectivity index is 0.00000162. The van der Waals surface area contributed by atoms with Crippen molar-refractivity contribution in [3.63, 3.8) is 0 Å². The lowest BCUT2D eigenvalue weighted by Crippen LogP contribution is -2.16. The van der Waals surface area contributed by atoms with Gasteiger partial charge in [-0.25, -0.2) is 4.68 Å². The molecule has 2 aromatic heterocycles. The van der Waals surface area contributed by atoms with Gasteiger partial charge in [-0.1, -0.05) is 0 Å². The maximum atomic E-state index is 13.6. The molecule has 0 aliphatic rings. The first kappa shape index (κ1) is 14.7. The first-order chi connectivity index (χ1) is 8.09. The average Bonchev–Trinajstić information content (AvgIpc) is 2.78. The fourth-order valence-corrected chi connectivity index (χ4v) is 1.77. The van der Waals surface area contributed by atoms with Gasteiger partial charge in [-0.15, -0.1) is 12.4 Å². The minimum atomic E-state index is -0.278. The molecule has 0 unspecified atom stereocenters. The van der Waals surface area contributed by atoms with E-state index in [0.717, 1.165) is 11.4 Å². The topological polar surface area (TPSA) is 47.7 Å². The second kappa shape index (κ2) is 5.97. The molecule has 0 saturated heterocycles. The van der Waals surface area contributed by atoms with Crippen LogP contribution < -0.4 is 5.32 Å². The molecule has 2 rings (SSSR count). The summed E-state index contributed by atoms with van der Waals surface area (Å²) < 4.78 is 16.7. The third-order valence-corrected chi connectivity index (χ3v) is 2.80. The lowest BCUT2D eigenvalue weighted by atomic mass is 10.2. The Morgan fingerprint density at radius 2 is 2.00 bits per heavy atom. The van der Waals surface area contributed by atoms with Crippen molar-refractivity contribution < 1.29 is 4.39 Å². The fourth-order valence-electron chi connectivity index (χ4n) is 1.77. The molecule has 0 amide bonds. The first-order valence-electron chi connectivity index (χ1n) is 5.45. The van der Waals surface area contributed by atoms with Gasteiger partial charge in [0.1, 0.15) is 0 Å². The van der Waals surface area contributed by atoms with Crippen molar-refractivity contribution in [3.8, 4) is 0 Å². The van der Waals surface area contributed by atoms with E-state index >= 15 is 0 Å². The molecule has 0 saturated carbocycles. The molecule has 2 aromatic rings. The van der Waals surface area contributed by atoms with Gasteiger partial charge in [-0.2, -0.15) is 14.6 Å². The highest BCUT2D eigenvalue weighted by Crippen LogP contribution is 2.10. The SMILES string of the molecule is Cc1nn(C)c(F)c1CNCc1ccnn1C.Cl. The van der Waals surface area contributed by atoms with Crippen LogP contribution in [0, 0.1) is 12.9 Å². The van der Waals surface area contributed by atoms with Gasteiger partial charge >= 0.3 is 0 Å². The predicted octanol–water partition coefficient (Wildman–Crippen LogP) is 1.31. The van der Waals surface area contributed by atoms with E-state index in [1.54, 1.807) is 17.9 Å². The van der Waals surface area contributed by atoms with Crippen molar-refractivity contribution in [2.24, 2.45) is 14.1 Å². The third-order valence-electron chi connectivity index (χ3n) is 2.80. The number of hydrogen-bond acceptors (Lipinski definition) is 3. The molecule has 0 atom stereocenters. The van der Waals surface area contributed by atoms with Crippen LogP contribution in [0.1, 0.15) is 17.0 Å². The Labute approximate surface area is 111 Å². The molecule has 0 bridgehead atoms. The molecule has 2 heterocycles. The Bertz CT molecular complexity index is 519. The molecule has 0 aromatic carbocycles. The molecular weight excluding hydrogens is 257 g/mol. The fraction of sp³-hybridized carbons (Fsp3) is 0.455. The van der Waals surface area contributed by atoms with E-state index < -0.39 is 0 Å². The standard InChI is InChI=1S/C11H16FN5.ClH/c1-8-10(11(12)17(3)15-8)7-13-6-9-4-5-14-16(9)2;/h4-5,13H,6-7H2,1-3H3;1H. The molecule has 7 heteroatoms. The second-order valence-electron chi connectivity index (χ2n) is 4.03. The molecule has 5 nitrogen and oxygen atoms in total. The van der Waals surface area contributed by atoms with Gasteiger partial charge in [-0.3, -0.25) is 4.68 Å². The van der Waals surface area contributed by atoms with E-state index in [0.29, 0.717) is 18.7 Å². The number of nitrogens with one attached hydrogen (secondary N) is 1. The summed E-state index contributed by atoms with van der Waals surface area (Å²) in [7, 11) is 3.49. The highest BCUT2D eigenvalue weighted by atomic mass is 35.5. The van der Waals surface area contributed by atoms with Crippen molar-refractivity contribution in [3.05, 3.63) is 35.2 Å². The summed E-state index contributed by atoms with van der Waals surface area (Å²) in [5, 5.41) is 11.3. The summed E-state index contributed by atoms with van der Waals surface area (Å²) in [6, 6.07) is 1.93. The summed E-state index contributed by atoms with van der Waals surface area (Å²) in [6.45, 7) is 2.94. The minimum Gasteiger partial charge on any atom is -0.307 e. The van der Waals surface area contributed by atoms with Gasteiger partial charge in [0.15, 0.2) is 0 Å². The van der Waals surface area contributed by atoms with E-state index in [4.69, 9.17) is 0 Å². The van der Waals surface area contributed by atoms with Gasteiger partial charge in [0.05, 0.1) is 11.4 Å². The van der Waals surface area contributed by atoms with Crippen LogP contribution in [0.25, 0.3) is 0 Å². The number of hydrogen-bond donors (Lipinski definition) is 1. The van der Waals surface area contributed by atoms with E-state index in [9.17, 15) is 4.39 Å². The first-order valence-corrected chi connectivity index (χ1v) is 5.45. The highest BCUT2D eigenvalue weighted by molar-refractivity contribution is 5.85. The summed E-state index contributed by atoms with van der Waals surface area (Å²) >= 11 is 0. The molecule has 0 spiro atoms. The number of aryl methyl sites for hydroxylation is 3. The van der Waals surface area contributed by atoms with Crippen LogP contribution in [0.15, 0.2) is 12.3 Å². The molecule has 0 radical (unpaired) electrons. The summed E-state index contributed by atoms with van der Waals surface area (Å²) in [4.78, 5) is 0. The Morgan fingerprint density at radius 3 is 2.50 bits per heavy atom. The maximum absolute atomic E-state index is 13.6. The molecule has 0 aliphatic carbocycles. The van der Waals surface area contributed by atoms with Crippen LogP contribution in [0.3, 0.4) is 0 Å². The zero-order chi connectivity index (χ0) is 12.4. The lowest BCUT2D eigenvalue weighted by molar-refractivity contribution is 0.488. The van der Waals surface area contributed by atoms with Crippen LogP contribution in [0.2, 0.25) is 0 Å². The number of rotatable bonds is 4. The van der Waals surface area contributed by atoms with Crippen LogP contribution in [0.5, 0.6) is 0 Å². The van der Waals surface area contributed by atoms with Crippen molar-refractivity contribution >= 4 is 12.4 Å². The smallest absolute Gasteiger partial charge is 0.215 e. The normalized spacial score (nSPS) is 10.4. The van der Waals surface area contributed by atoms with E-state index in [1.807, 2.05) is 20.0 Å². The zero-order valence-electron chi connectivity index (χ0n) is 10.6. The number of nitrogens with zero attached hydrogens (tertiary/aromatic N) is 4. The van der Waals surface area contributed by atoms with Crippen molar-refractivity contribution in [1.29, 1.82) is 0 Å². The van der Waals surface area contributed by atoms with Crippen LogP contribution in [-0.2, 0) is 27.2 Å². The van der Waals surface area contributed by atoms with Crippen molar-refractivity contribution in [1.82, 2.24) is 24.9 Å². The molecule has 0 fully saturated rings. The predicted molar refractivity (Wildman–Crippen MR) is 68.9 cm³/mol.